The molecule has 1 aromatic heterocycles. The highest BCUT2D eigenvalue weighted by atomic mass is 32.2. The van der Waals surface area contributed by atoms with Gasteiger partial charge >= 0.3 is 0 Å². The van der Waals surface area contributed by atoms with E-state index in [0.29, 0.717) is 5.75 Å². The van der Waals surface area contributed by atoms with E-state index in [4.69, 9.17) is 0 Å². The molecule has 140 valence electrons. The standard InChI is InChI=1S/C20H22N4OS2/c1-4-24-13-21-23-20(24)26-12-19(25)22-16-7-9-17(10-8-16)27-18-11-14(2)5-6-15(18)3/h5-11,13H,4,12H2,1-3H3,(H,22,25). The summed E-state index contributed by atoms with van der Waals surface area (Å²) in [7, 11) is 0. The summed E-state index contributed by atoms with van der Waals surface area (Å²) in [6.45, 7) is 7.03. The number of aryl methyl sites for hydroxylation is 3. The molecule has 5 nitrogen and oxygen atoms in total. The van der Waals surface area contributed by atoms with Crippen molar-refractivity contribution in [2.45, 2.75) is 42.3 Å². The van der Waals surface area contributed by atoms with Gasteiger partial charge in [0.25, 0.3) is 0 Å². The van der Waals surface area contributed by atoms with Crippen LogP contribution in [-0.2, 0) is 11.3 Å². The molecule has 0 aliphatic rings. The van der Waals surface area contributed by atoms with Crippen LogP contribution in [0.25, 0.3) is 0 Å². The number of aromatic nitrogens is 3. The molecule has 3 rings (SSSR count). The van der Waals surface area contributed by atoms with Gasteiger partial charge in [0.05, 0.1) is 5.75 Å². The van der Waals surface area contributed by atoms with Crippen LogP contribution in [0.2, 0.25) is 0 Å². The van der Waals surface area contributed by atoms with E-state index in [1.54, 1.807) is 18.1 Å². The molecule has 0 fully saturated rings. The second-order valence-corrected chi connectivity index (χ2v) is 8.19. The van der Waals surface area contributed by atoms with E-state index in [2.05, 4.69) is 47.6 Å². The van der Waals surface area contributed by atoms with Crippen LogP contribution in [-0.4, -0.2) is 26.4 Å². The van der Waals surface area contributed by atoms with Gasteiger partial charge in [-0.3, -0.25) is 4.79 Å². The number of amides is 1. The third kappa shape index (κ3) is 5.37. The van der Waals surface area contributed by atoms with Gasteiger partial charge in [0.15, 0.2) is 5.16 Å². The van der Waals surface area contributed by atoms with Crippen molar-refractivity contribution in [1.29, 1.82) is 0 Å². The highest BCUT2D eigenvalue weighted by molar-refractivity contribution is 7.99. The lowest BCUT2D eigenvalue weighted by Gasteiger charge is -2.09. The first-order valence-electron chi connectivity index (χ1n) is 8.71. The number of carbonyl (C=O) groups is 1. The molecule has 0 aliphatic carbocycles. The largest absolute Gasteiger partial charge is 0.325 e. The SMILES string of the molecule is CCn1cnnc1SCC(=O)Nc1ccc(Sc2cc(C)ccc2C)cc1. The maximum Gasteiger partial charge on any atom is 0.234 e. The Hall–Kier alpha value is -2.25. The molecule has 0 saturated heterocycles. The number of hydrogen-bond acceptors (Lipinski definition) is 5. The van der Waals surface area contributed by atoms with Gasteiger partial charge in [-0.1, -0.05) is 35.7 Å². The van der Waals surface area contributed by atoms with E-state index >= 15 is 0 Å². The van der Waals surface area contributed by atoms with E-state index in [9.17, 15) is 4.79 Å². The molecular weight excluding hydrogens is 376 g/mol. The van der Waals surface area contributed by atoms with Crippen molar-refractivity contribution in [2.75, 3.05) is 11.1 Å². The molecule has 0 unspecified atom stereocenters. The monoisotopic (exact) mass is 398 g/mol. The molecule has 1 N–H and O–H groups in total. The highest BCUT2D eigenvalue weighted by Gasteiger charge is 2.09. The molecule has 3 aromatic rings. The molecular formula is C20H22N4OS2. The number of nitrogens with one attached hydrogen (secondary N) is 1. The van der Waals surface area contributed by atoms with Crippen molar-refractivity contribution >= 4 is 35.1 Å². The van der Waals surface area contributed by atoms with E-state index < -0.39 is 0 Å². The van der Waals surface area contributed by atoms with Crippen LogP contribution in [0.4, 0.5) is 5.69 Å². The van der Waals surface area contributed by atoms with Gasteiger partial charge in [-0.15, -0.1) is 10.2 Å². The summed E-state index contributed by atoms with van der Waals surface area (Å²) in [6.07, 6.45) is 1.67. The van der Waals surface area contributed by atoms with Crippen molar-refractivity contribution < 1.29 is 4.79 Å². The van der Waals surface area contributed by atoms with Crippen LogP contribution < -0.4 is 5.32 Å². The number of rotatable bonds is 7. The fraction of sp³-hybridized carbons (Fsp3) is 0.250. The smallest absolute Gasteiger partial charge is 0.234 e. The first kappa shape index (κ1) is 19.5. The van der Waals surface area contributed by atoms with E-state index in [0.717, 1.165) is 22.3 Å². The van der Waals surface area contributed by atoms with Crippen LogP contribution in [0, 0.1) is 13.8 Å². The number of benzene rings is 2. The summed E-state index contributed by atoms with van der Waals surface area (Å²) in [5, 5.41) is 11.6. The number of thioether (sulfide) groups is 1. The summed E-state index contributed by atoms with van der Waals surface area (Å²) >= 11 is 3.12. The summed E-state index contributed by atoms with van der Waals surface area (Å²) in [4.78, 5) is 14.6. The third-order valence-electron chi connectivity index (χ3n) is 3.96. The quantitative estimate of drug-likeness (QED) is 0.580. The molecule has 0 spiro atoms. The van der Waals surface area contributed by atoms with Crippen molar-refractivity contribution in [3.05, 3.63) is 59.9 Å². The van der Waals surface area contributed by atoms with E-state index in [1.807, 2.05) is 35.8 Å². The Kier molecular flexibility index (Phi) is 6.58. The summed E-state index contributed by atoms with van der Waals surface area (Å²) in [5.74, 6) is 0.248. The first-order chi connectivity index (χ1) is 13.0. The van der Waals surface area contributed by atoms with Gasteiger partial charge in [0, 0.05) is 22.0 Å². The van der Waals surface area contributed by atoms with Crippen molar-refractivity contribution in [1.82, 2.24) is 14.8 Å². The zero-order chi connectivity index (χ0) is 19.2. The van der Waals surface area contributed by atoms with Crippen molar-refractivity contribution in [2.24, 2.45) is 0 Å². The Balaban J connectivity index is 1.55. The fourth-order valence-electron chi connectivity index (χ4n) is 2.45. The summed E-state index contributed by atoms with van der Waals surface area (Å²) in [5.41, 5.74) is 3.31. The fourth-order valence-corrected chi connectivity index (χ4v) is 4.23. The molecule has 1 amide bonds. The zero-order valence-electron chi connectivity index (χ0n) is 15.6. The molecule has 0 atom stereocenters. The highest BCUT2D eigenvalue weighted by Crippen LogP contribution is 2.31. The van der Waals surface area contributed by atoms with Gasteiger partial charge in [-0.2, -0.15) is 0 Å². The Bertz CT molecular complexity index is 922. The molecule has 1 heterocycles. The van der Waals surface area contributed by atoms with Crippen LogP contribution in [0.3, 0.4) is 0 Å². The van der Waals surface area contributed by atoms with Crippen molar-refractivity contribution in [3.63, 3.8) is 0 Å². The van der Waals surface area contributed by atoms with Crippen LogP contribution in [0.5, 0.6) is 0 Å². The van der Waals surface area contributed by atoms with E-state index in [1.165, 1.54) is 27.8 Å². The van der Waals surface area contributed by atoms with Crippen molar-refractivity contribution in [3.8, 4) is 0 Å². The molecule has 0 radical (unpaired) electrons. The zero-order valence-corrected chi connectivity index (χ0v) is 17.2. The number of anilines is 1. The minimum absolute atomic E-state index is 0.0550. The average Bonchev–Trinajstić information content (AvgIpc) is 3.12. The topological polar surface area (TPSA) is 59.8 Å². The lowest BCUT2D eigenvalue weighted by atomic mass is 10.2. The van der Waals surface area contributed by atoms with Gasteiger partial charge in [0.1, 0.15) is 6.33 Å². The van der Waals surface area contributed by atoms with Gasteiger partial charge in [-0.25, -0.2) is 0 Å². The van der Waals surface area contributed by atoms with Gasteiger partial charge < -0.3 is 9.88 Å². The third-order valence-corrected chi connectivity index (χ3v) is 6.11. The average molecular weight is 399 g/mol. The molecule has 2 aromatic carbocycles. The Morgan fingerprint density at radius 1 is 1.15 bits per heavy atom. The molecule has 0 saturated carbocycles. The number of carbonyl (C=O) groups excluding carboxylic acids is 1. The molecule has 0 bridgehead atoms. The minimum atomic E-state index is -0.0550. The summed E-state index contributed by atoms with van der Waals surface area (Å²) in [6, 6.07) is 14.4. The lowest BCUT2D eigenvalue weighted by Crippen LogP contribution is -2.14. The predicted octanol–water partition coefficient (Wildman–Crippen LogP) is 4.80. The Morgan fingerprint density at radius 2 is 1.93 bits per heavy atom. The van der Waals surface area contributed by atoms with Gasteiger partial charge in [-0.05, 0) is 62.2 Å². The van der Waals surface area contributed by atoms with Crippen LogP contribution in [0.1, 0.15) is 18.1 Å². The minimum Gasteiger partial charge on any atom is -0.325 e. The molecule has 27 heavy (non-hydrogen) atoms. The first-order valence-corrected chi connectivity index (χ1v) is 10.5. The van der Waals surface area contributed by atoms with Crippen LogP contribution >= 0.6 is 23.5 Å². The Labute approximate surface area is 168 Å². The predicted molar refractivity (Wildman–Crippen MR) is 112 cm³/mol. The van der Waals surface area contributed by atoms with E-state index in [-0.39, 0.29) is 5.91 Å². The maximum atomic E-state index is 12.2. The second kappa shape index (κ2) is 9.10. The Morgan fingerprint density at radius 3 is 2.67 bits per heavy atom. The van der Waals surface area contributed by atoms with Gasteiger partial charge in [0.2, 0.25) is 5.91 Å². The summed E-state index contributed by atoms with van der Waals surface area (Å²) < 4.78 is 1.91. The normalized spacial score (nSPS) is 10.8. The number of nitrogens with zero attached hydrogens (tertiary/aromatic N) is 3. The van der Waals surface area contributed by atoms with Crippen LogP contribution in [0.15, 0.2) is 63.7 Å². The number of hydrogen-bond donors (Lipinski definition) is 1. The molecule has 7 heteroatoms. The second-order valence-electron chi connectivity index (χ2n) is 6.13. The molecule has 0 aliphatic heterocycles. The maximum absolute atomic E-state index is 12.2. The lowest BCUT2D eigenvalue weighted by molar-refractivity contribution is -0.113.